The minimum atomic E-state index is -0.953. The smallest absolute Gasteiger partial charge is 0.310 e. The van der Waals surface area contributed by atoms with Gasteiger partial charge in [0, 0.05) is 11.4 Å². The van der Waals surface area contributed by atoms with Crippen molar-refractivity contribution in [3.8, 4) is 0 Å². The average molecular weight is 295 g/mol. The molecule has 1 unspecified atom stereocenters. The van der Waals surface area contributed by atoms with Gasteiger partial charge in [-0.1, -0.05) is 25.1 Å². The van der Waals surface area contributed by atoms with Crippen molar-refractivity contribution in [2.45, 2.75) is 37.3 Å². The maximum absolute atomic E-state index is 12.1. The Morgan fingerprint density at radius 3 is 2.40 bits per heavy atom. The van der Waals surface area contributed by atoms with Gasteiger partial charge in [-0.3, -0.25) is 9.59 Å². The molecule has 1 atom stereocenters. The first-order chi connectivity index (χ1) is 9.36. The summed E-state index contributed by atoms with van der Waals surface area (Å²) in [6.07, 6.45) is 0.693. The SMILES string of the molecule is CCC(Sc1ccccc1)C(=O)NCC(C)(C)C(=O)O. The molecule has 0 saturated carbocycles. The molecule has 0 saturated heterocycles. The van der Waals surface area contributed by atoms with E-state index in [4.69, 9.17) is 5.11 Å². The molecule has 1 rings (SSSR count). The Morgan fingerprint density at radius 1 is 1.30 bits per heavy atom. The summed E-state index contributed by atoms with van der Waals surface area (Å²) in [4.78, 5) is 24.2. The number of aliphatic carboxylic acids is 1. The molecule has 1 aromatic rings. The average Bonchev–Trinajstić information content (AvgIpc) is 2.43. The summed E-state index contributed by atoms with van der Waals surface area (Å²) in [6.45, 7) is 5.28. The highest BCUT2D eigenvalue weighted by molar-refractivity contribution is 8.00. The van der Waals surface area contributed by atoms with E-state index in [1.165, 1.54) is 11.8 Å². The van der Waals surface area contributed by atoms with Crippen molar-refractivity contribution in [2.75, 3.05) is 6.54 Å². The van der Waals surface area contributed by atoms with Gasteiger partial charge in [-0.25, -0.2) is 0 Å². The van der Waals surface area contributed by atoms with Crippen LogP contribution in [0.5, 0.6) is 0 Å². The fourth-order valence-electron chi connectivity index (χ4n) is 1.48. The molecule has 0 aromatic heterocycles. The Labute approximate surface area is 124 Å². The third-order valence-corrected chi connectivity index (χ3v) is 4.34. The molecule has 0 aliphatic carbocycles. The van der Waals surface area contributed by atoms with Crippen LogP contribution in [0.1, 0.15) is 27.2 Å². The van der Waals surface area contributed by atoms with Gasteiger partial charge in [-0.15, -0.1) is 11.8 Å². The molecule has 1 aromatic carbocycles. The van der Waals surface area contributed by atoms with Crippen LogP contribution in [0.25, 0.3) is 0 Å². The van der Waals surface area contributed by atoms with E-state index < -0.39 is 11.4 Å². The van der Waals surface area contributed by atoms with Crippen LogP contribution in [-0.2, 0) is 9.59 Å². The van der Waals surface area contributed by atoms with Crippen LogP contribution in [0.3, 0.4) is 0 Å². The number of carbonyl (C=O) groups excluding carboxylic acids is 1. The Morgan fingerprint density at radius 2 is 1.90 bits per heavy atom. The molecule has 0 bridgehead atoms. The number of carboxylic acid groups (broad SMARTS) is 1. The Bertz CT molecular complexity index is 459. The zero-order chi connectivity index (χ0) is 15.2. The van der Waals surface area contributed by atoms with Crippen LogP contribution in [0.4, 0.5) is 0 Å². The summed E-state index contributed by atoms with van der Waals surface area (Å²) in [7, 11) is 0. The van der Waals surface area contributed by atoms with E-state index >= 15 is 0 Å². The van der Waals surface area contributed by atoms with Gasteiger partial charge >= 0.3 is 5.97 Å². The molecule has 0 radical (unpaired) electrons. The van der Waals surface area contributed by atoms with Crippen LogP contribution in [-0.4, -0.2) is 28.8 Å². The lowest BCUT2D eigenvalue weighted by Crippen LogP contribution is -2.42. The molecule has 0 aliphatic rings. The predicted molar refractivity (Wildman–Crippen MR) is 80.8 cm³/mol. The van der Waals surface area contributed by atoms with E-state index in [0.717, 1.165) is 4.90 Å². The van der Waals surface area contributed by atoms with Crippen LogP contribution in [0.15, 0.2) is 35.2 Å². The molecular weight excluding hydrogens is 274 g/mol. The van der Waals surface area contributed by atoms with E-state index in [2.05, 4.69) is 5.32 Å². The molecule has 0 aliphatic heterocycles. The largest absolute Gasteiger partial charge is 0.481 e. The normalized spacial score (nSPS) is 12.8. The number of hydrogen-bond acceptors (Lipinski definition) is 3. The minimum Gasteiger partial charge on any atom is -0.481 e. The lowest BCUT2D eigenvalue weighted by Gasteiger charge is -2.21. The van der Waals surface area contributed by atoms with Gasteiger partial charge in [0.25, 0.3) is 0 Å². The van der Waals surface area contributed by atoms with Crippen LogP contribution in [0, 0.1) is 5.41 Å². The van der Waals surface area contributed by atoms with Crippen molar-refractivity contribution in [1.29, 1.82) is 0 Å². The molecule has 0 spiro atoms. The molecular formula is C15H21NO3S. The Hall–Kier alpha value is -1.49. The molecule has 1 amide bonds. The van der Waals surface area contributed by atoms with Crippen molar-refractivity contribution < 1.29 is 14.7 Å². The monoisotopic (exact) mass is 295 g/mol. The quantitative estimate of drug-likeness (QED) is 0.759. The minimum absolute atomic E-state index is 0.115. The Balaban J connectivity index is 2.58. The molecule has 0 fully saturated rings. The number of thioether (sulfide) groups is 1. The number of carboxylic acids is 1. The zero-order valence-electron chi connectivity index (χ0n) is 12.1. The highest BCUT2D eigenvalue weighted by Gasteiger charge is 2.28. The van der Waals surface area contributed by atoms with Gasteiger partial charge in [0.15, 0.2) is 0 Å². The first-order valence-electron chi connectivity index (χ1n) is 6.59. The second-order valence-corrected chi connectivity index (χ2v) is 6.51. The maximum atomic E-state index is 12.1. The third kappa shape index (κ3) is 4.89. The molecule has 20 heavy (non-hydrogen) atoms. The number of amides is 1. The second kappa shape index (κ2) is 7.33. The fraction of sp³-hybridized carbons (Fsp3) is 0.467. The molecule has 2 N–H and O–H groups in total. The summed E-state index contributed by atoms with van der Waals surface area (Å²) in [6, 6.07) is 9.71. The van der Waals surface area contributed by atoms with Gasteiger partial charge in [0.05, 0.1) is 10.7 Å². The van der Waals surface area contributed by atoms with Gasteiger partial charge in [-0.2, -0.15) is 0 Å². The van der Waals surface area contributed by atoms with Crippen molar-refractivity contribution in [1.82, 2.24) is 5.32 Å². The lowest BCUT2D eigenvalue weighted by atomic mass is 9.94. The van der Waals surface area contributed by atoms with Gasteiger partial charge in [0.1, 0.15) is 0 Å². The van der Waals surface area contributed by atoms with Gasteiger partial charge in [0.2, 0.25) is 5.91 Å². The van der Waals surface area contributed by atoms with Crippen LogP contribution >= 0.6 is 11.8 Å². The number of benzene rings is 1. The first-order valence-corrected chi connectivity index (χ1v) is 7.47. The van der Waals surface area contributed by atoms with E-state index in [0.29, 0.717) is 6.42 Å². The van der Waals surface area contributed by atoms with Gasteiger partial charge in [-0.05, 0) is 32.4 Å². The summed E-state index contributed by atoms with van der Waals surface area (Å²) >= 11 is 1.50. The van der Waals surface area contributed by atoms with Crippen molar-refractivity contribution in [3.63, 3.8) is 0 Å². The number of carbonyl (C=O) groups is 2. The summed E-state index contributed by atoms with van der Waals surface area (Å²) in [5.41, 5.74) is -0.953. The van der Waals surface area contributed by atoms with E-state index in [9.17, 15) is 9.59 Å². The number of hydrogen-bond donors (Lipinski definition) is 2. The maximum Gasteiger partial charge on any atom is 0.310 e. The van der Waals surface area contributed by atoms with Crippen LogP contribution in [0.2, 0.25) is 0 Å². The summed E-state index contributed by atoms with van der Waals surface area (Å²) in [5, 5.41) is 11.6. The van der Waals surface area contributed by atoms with Gasteiger partial charge < -0.3 is 10.4 Å². The highest BCUT2D eigenvalue weighted by Crippen LogP contribution is 2.25. The first kappa shape index (κ1) is 16.6. The highest BCUT2D eigenvalue weighted by atomic mass is 32.2. The van der Waals surface area contributed by atoms with Crippen molar-refractivity contribution in [3.05, 3.63) is 30.3 Å². The van der Waals surface area contributed by atoms with E-state index in [1.54, 1.807) is 13.8 Å². The number of rotatable bonds is 7. The zero-order valence-corrected chi connectivity index (χ0v) is 12.9. The molecule has 110 valence electrons. The second-order valence-electron chi connectivity index (χ2n) is 5.23. The molecule has 5 heteroatoms. The van der Waals surface area contributed by atoms with E-state index in [-0.39, 0.29) is 17.7 Å². The molecule has 0 heterocycles. The van der Waals surface area contributed by atoms with E-state index in [1.807, 2.05) is 37.3 Å². The van der Waals surface area contributed by atoms with Crippen LogP contribution < -0.4 is 5.32 Å². The summed E-state index contributed by atoms with van der Waals surface area (Å²) < 4.78 is 0. The van der Waals surface area contributed by atoms with Crippen molar-refractivity contribution in [2.24, 2.45) is 5.41 Å². The third-order valence-electron chi connectivity index (χ3n) is 2.97. The van der Waals surface area contributed by atoms with Crippen molar-refractivity contribution >= 4 is 23.6 Å². The predicted octanol–water partition coefficient (Wildman–Crippen LogP) is 2.78. The number of nitrogens with one attached hydrogen (secondary N) is 1. The topological polar surface area (TPSA) is 66.4 Å². The molecule has 4 nitrogen and oxygen atoms in total. The Kier molecular flexibility index (Phi) is 6.07. The summed E-state index contributed by atoms with van der Waals surface area (Å²) in [5.74, 6) is -1.03. The fourth-order valence-corrected chi connectivity index (χ4v) is 2.48. The lowest BCUT2D eigenvalue weighted by molar-refractivity contribution is -0.146. The standard InChI is InChI=1S/C15H21NO3S/c1-4-12(20-11-8-6-5-7-9-11)13(17)16-10-15(2,3)14(18)19/h5-9,12H,4,10H2,1-3H3,(H,16,17)(H,18,19).